The molecule has 25 heavy (non-hydrogen) atoms. The standard InChI is InChI=1S/C20H23NO3S/c1-4-15-24-19-9-5-17(6-10-19)18-7-11-20(12-8-18)25(22,23)21-14-13-16(2)3/h1,5-12,16,21H,13-15H2,2-3H3. The highest BCUT2D eigenvalue weighted by atomic mass is 32.2. The fraction of sp³-hybridized carbons (Fsp3) is 0.300. The van der Waals surface area contributed by atoms with Crippen LogP contribution < -0.4 is 9.46 Å². The Labute approximate surface area is 150 Å². The highest BCUT2D eigenvalue weighted by molar-refractivity contribution is 7.89. The van der Waals surface area contributed by atoms with Crippen molar-refractivity contribution in [3.63, 3.8) is 0 Å². The van der Waals surface area contributed by atoms with Gasteiger partial charge in [0.25, 0.3) is 0 Å². The molecule has 0 saturated carbocycles. The quantitative estimate of drug-likeness (QED) is 0.733. The molecule has 0 fully saturated rings. The van der Waals surface area contributed by atoms with Crippen LogP contribution in [0.2, 0.25) is 0 Å². The third-order valence-corrected chi connectivity index (χ3v) is 5.17. The molecule has 4 nitrogen and oxygen atoms in total. The van der Waals surface area contributed by atoms with Crippen molar-refractivity contribution in [2.45, 2.75) is 25.2 Å². The predicted octanol–water partition coefficient (Wildman–Crippen LogP) is 3.69. The summed E-state index contributed by atoms with van der Waals surface area (Å²) in [5, 5.41) is 0. The zero-order chi connectivity index (χ0) is 18.3. The van der Waals surface area contributed by atoms with Crippen LogP contribution >= 0.6 is 0 Å². The second-order valence-corrected chi connectivity index (χ2v) is 7.89. The predicted molar refractivity (Wildman–Crippen MR) is 101 cm³/mol. The van der Waals surface area contributed by atoms with E-state index in [1.807, 2.05) is 24.3 Å². The molecular weight excluding hydrogens is 334 g/mol. The van der Waals surface area contributed by atoms with Crippen LogP contribution in [0.15, 0.2) is 53.4 Å². The van der Waals surface area contributed by atoms with Gasteiger partial charge >= 0.3 is 0 Å². The Hall–Kier alpha value is -2.29. The Morgan fingerprint density at radius 2 is 1.60 bits per heavy atom. The van der Waals surface area contributed by atoms with E-state index in [2.05, 4.69) is 24.5 Å². The van der Waals surface area contributed by atoms with Gasteiger partial charge in [-0.05, 0) is 47.7 Å². The van der Waals surface area contributed by atoms with E-state index in [1.54, 1.807) is 24.3 Å². The van der Waals surface area contributed by atoms with E-state index >= 15 is 0 Å². The average Bonchev–Trinajstić information content (AvgIpc) is 2.60. The number of sulfonamides is 1. The number of benzene rings is 2. The van der Waals surface area contributed by atoms with Gasteiger partial charge < -0.3 is 4.74 Å². The molecular formula is C20H23NO3S. The monoisotopic (exact) mass is 357 g/mol. The van der Waals surface area contributed by atoms with Crippen LogP contribution in [0.4, 0.5) is 0 Å². The number of hydrogen-bond acceptors (Lipinski definition) is 3. The first-order valence-corrected chi connectivity index (χ1v) is 9.67. The summed E-state index contributed by atoms with van der Waals surface area (Å²) in [7, 11) is -3.46. The fourth-order valence-corrected chi connectivity index (χ4v) is 3.31. The van der Waals surface area contributed by atoms with Crippen LogP contribution in [-0.2, 0) is 10.0 Å². The van der Waals surface area contributed by atoms with E-state index in [9.17, 15) is 8.42 Å². The molecule has 0 heterocycles. The van der Waals surface area contributed by atoms with Crippen molar-refractivity contribution in [2.24, 2.45) is 5.92 Å². The lowest BCUT2D eigenvalue weighted by Gasteiger charge is -2.09. The topological polar surface area (TPSA) is 55.4 Å². The van der Waals surface area contributed by atoms with Gasteiger partial charge in [-0.1, -0.05) is 44.0 Å². The molecule has 0 aliphatic rings. The van der Waals surface area contributed by atoms with E-state index in [0.717, 1.165) is 17.5 Å². The summed E-state index contributed by atoms with van der Waals surface area (Å²) in [5.41, 5.74) is 1.91. The smallest absolute Gasteiger partial charge is 0.240 e. The van der Waals surface area contributed by atoms with Crippen LogP contribution in [0, 0.1) is 18.3 Å². The Balaban J connectivity index is 2.07. The zero-order valence-electron chi connectivity index (χ0n) is 14.5. The summed E-state index contributed by atoms with van der Waals surface area (Å²) in [4.78, 5) is 0.272. The zero-order valence-corrected chi connectivity index (χ0v) is 15.3. The number of rotatable bonds is 8. The first-order chi connectivity index (χ1) is 11.9. The summed E-state index contributed by atoms with van der Waals surface area (Å²) < 4.78 is 32.5. The third kappa shape index (κ3) is 5.63. The lowest BCUT2D eigenvalue weighted by atomic mass is 10.1. The lowest BCUT2D eigenvalue weighted by molar-refractivity contribution is 0.370. The molecule has 5 heteroatoms. The Bertz CT molecular complexity index is 817. The van der Waals surface area contributed by atoms with Crippen molar-refractivity contribution in [2.75, 3.05) is 13.2 Å². The van der Waals surface area contributed by atoms with E-state index in [-0.39, 0.29) is 11.5 Å². The van der Waals surface area contributed by atoms with Gasteiger partial charge in [0.15, 0.2) is 0 Å². The maximum atomic E-state index is 12.3. The summed E-state index contributed by atoms with van der Waals surface area (Å²) in [6.07, 6.45) is 5.97. The van der Waals surface area contributed by atoms with Crippen LogP contribution in [0.5, 0.6) is 5.75 Å². The lowest BCUT2D eigenvalue weighted by Crippen LogP contribution is -2.25. The first-order valence-electron chi connectivity index (χ1n) is 8.19. The highest BCUT2D eigenvalue weighted by Gasteiger charge is 2.13. The normalized spacial score (nSPS) is 11.3. The number of nitrogens with one attached hydrogen (secondary N) is 1. The van der Waals surface area contributed by atoms with Gasteiger partial charge in [0, 0.05) is 6.54 Å². The maximum absolute atomic E-state index is 12.3. The molecule has 2 aromatic rings. The van der Waals surface area contributed by atoms with Crippen LogP contribution in [-0.4, -0.2) is 21.6 Å². The summed E-state index contributed by atoms with van der Waals surface area (Å²) in [5.74, 6) is 3.58. The molecule has 0 atom stereocenters. The second-order valence-electron chi connectivity index (χ2n) is 6.12. The number of hydrogen-bond donors (Lipinski definition) is 1. The van der Waals surface area contributed by atoms with E-state index < -0.39 is 10.0 Å². The number of ether oxygens (including phenoxy) is 1. The van der Waals surface area contributed by atoms with Crippen molar-refractivity contribution in [1.29, 1.82) is 0 Å². The second kappa shape index (κ2) is 8.70. The van der Waals surface area contributed by atoms with Crippen molar-refractivity contribution < 1.29 is 13.2 Å². The van der Waals surface area contributed by atoms with Crippen molar-refractivity contribution in [3.05, 3.63) is 48.5 Å². The van der Waals surface area contributed by atoms with Crippen LogP contribution in [0.3, 0.4) is 0 Å². The molecule has 0 aliphatic carbocycles. The molecule has 132 valence electrons. The summed E-state index contributed by atoms with van der Waals surface area (Å²) >= 11 is 0. The minimum Gasteiger partial charge on any atom is -0.481 e. The van der Waals surface area contributed by atoms with Crippen LogP contribution in [0.1, 0.15) is 20.3 Å². The van der Waals surface area contributed by atoms with Gasteiger partial charge in [0.2, 0.25) is 10.0 Å². The molecule has 0 unspecified atom stereocenters. The van der Waals surface area contributed by atoms with Crippen molar-refractivity contribution in [1.82, 2.24) is 4.72 Å². The highest BCUT2D eigenvalue weighted by Crippen LogP contribution is 2.24. The fourth-order valence-electron chi connectivity index (χ4n) is 2.26. The Morgan fingerprint density at radius 3 is 2.12 bits per heavy atom. The maximum Gasteiger partial charge on any atom is 0.240 e. The van der Waals surface area contributed by atoms with Gasteiger partial charge in [-0.2, -0.15) is 0 Å². The van der Waals surface area contributed by atoms with Gasteiger partial charge in [-0.25, -0.2) is 13.1 Å². The largest absolute Gasteiger partial charge is 0.481 e. The van der Waals surface area contributed by atoms with Gasteiger partial charge in [-0.15, -0.1) is 6.42 Å². The van der Waals surface area contributed by atoms with Gasteiger partial charge in [-0.3, -0.25) is 0 Å². The SMILES string of the molecule is C#CCOc1ccc(-c2ccc(S(=O)(=O)NCCC(C)C)cc2)cc1. The molecule has 0 aliphatic heterocycles. The van der Waals surface area contributed by atoms with E-state index in [4.69, 9.17) is 11.2 Å². The van der Waals surface area contributed by atoms with Gasteiger partial charge in [0.05, 0.1) is 4.90 Å². The molecule has 0 amide bonds. The molecule has 0 radical (unpaired) electrons. The molecule has 2 aromatic carbocycles. The summed E-state index contributed by atoms with van der Waals surface area (Å²) in [6.45, 7) is 4.80. The van der Waals surface area contributed by atoms with E-state index in [1.165, 1.54) is 0 Å². The molecule has 0 bridgehead atoms. The van der Waals surface area contributed by atoms with Crippen molar-refractivity contribution >= 4 is 10.0 Å². The molecule has 0 aromatic heterocycles. The molecule has 1 N–H and O–H groups in total. The average molecular weight is 357 g/mol. The Kier molecular flexibility index (Phi) is 6.63. The minimum absolute atomic E-state index is 0.232. The summed E-state index contributed by atoms with van der Waals surface area (Å²) in [6, 6.07) is 14.3. The van der Waals surface area contributed by atoms with E-state index in [0.29, 0.717) is 18.2 Å². The Morgan fingerprint density at radius 1 is 1.04 bits per heavy atom. The molecule has 0 spiro atoms. The molecule has 0 saturated heterocycles. The number of terminal acetylenes is 1. The molecule has 2 rings (SSSR count). The van der Waals surface area contributed by atoms with Crippen LogP contribution in [0.25, 0.3) is 11.1 Å². The third-order valence-electron chi connectivity index (χ3n) is 3.69. The van der Waals surface area contributed by atoms with Gasteiger partial charge in [0.1, 0.15) is 12.4 Å². The van der Waals surface area contributed by atoms with Crippen molar-refractivity contribution in [3.8, 4) is 29.2 Å². The first kappa shape index (κ1) is 19.0. The minimum atomic E-state index is -3.46.